The third-order valence-corrected chi connectivity index (χ3v) is 5.16. The van der Waals surface area contributed by atoms with Gasteiger partial charge in [0.05, 0.1) is 19.2 Å². The summed E-state index contributed by atoms with van der Waals surface area (Å²) in [6.45, 7) is 3.12. The first-order valence-corrected chi connectivity index (χ1v) is 9.45. The quantitative estimate of drug-likeness (QED) is 0.847. The van der Waals surface area contributed by atoms with Crippen LogP contribution in [0.2, 0.25) is 0 Å². The number of ether oxygens (including phenoxy) is 1. The predicted molar refractivity (Wildman–Crippen MR) is 99.8 cm³/mol. The second kappa shape index (κ2) is 7.87. The zero-order valence-electron chi connectivity index (χ0n) is 15.0. The van der Waals surface area contributed by atoms with Crippen LogP contribution >= 0.6 is 0 Å². The van der Waals surface area contributed by atoms with Crippen LogP contribution in [0.3, 0.4) is 0 Å². The maximum atomic E-state index is 12.5. The van der Waals surface area contributed by atoms with E-state index in [1.165, 1.54) is 6.42 Å². The van der Waals surface area contributed by atoms with Gasteiger partial charge in [-0.2, -0.15) is 0 Å². The molecule has 3 heterocycles. The van der Waals surface area contributed by atoms with Gasteiger partial charge in [-0.25, -0.2) is 4.79 Å². The number of likely N-dealkylation sites (tertiary alicyclic amines) is 2. The van der Waals surface area contributed by atoms with Crippen LogP contribution in [0, 0.1) is 0 Å². The fourth-order valence-electron chi connectivity index (χ4n) is 3.67. The molecule has 0 N–H and O–H groups in total. The van der Waals surface area contributed by atoms with Crippen LogP contribution in [0.25, 0.3) is 0 Å². The van der Waals surface area contributed by atoms with Crippen LogP contribution in [-0.4, -0.2) is 53.1 Å². The summed E-state index contributed by atoms with van der Waals surface area (Å²) < 4.78 is 6.37. The van der Waals surface area contributed by atoms with Crippen molar-refractivity contribution in [2.45, 2.75) is 31.5 Å². The summed E-state index contributed by atoms with van der Waals surface area (Å²) in [6, 6.07) is 14.3. The van der Waals surface area contributed by atoms with Crippen molar-refractivity contribution in [2.75, 3.05) is 26.2 Å². The lowest BCUT2D eigenvalue weighted by Gasteiger charge is -2.43. The molecular weight excluding hydrogens is 326 g/mol. The molecule has 2 fully saturated rings. The van der Waals surface area contributed by atoms with Gasteiger partial charge < -0.3 is 14.5 Å². The zero-order chi connectivity index (χ0) is 17.8. The number of rotatable bonds is 4. The highest BCUT2D eigenvalue weighted by Gasteiger charge is 2.36. The number of carbonyl (C=O) groups is 1. The number of piperidine rings is 1. The molecule has 1 atom stereocenters. The van der Waals surface area contributed by atoms with Crippen LogP contribution < -0.4 is 0 Å². The van der Waals surface area contributed by atoms with Crippen molar-refractivity contribution in [3.05, 3.63) is 66.0 Å². The number of hydrogen-bond acceptors (Lipinski definition) is 3. The van der Waals surface area contributed by atoms with E-state index in [0.29, 0.717) is 13.1 Å². The van der Waals surface area contributed by atoms with Gasteiger partial charge in [-0.1, -0.05) is 36.4 Å². The smallest absolute Gasteiger partial charge is 0.320 e. The molecule has 0 saturated carbocycles. The highest BCUT2D eigenvalue weighted by Crippen LogP contribution is 2.29. The van der Waals surface area contributed by atoms with E-state index in [-0.39, 0.29) is 18.2 Å². The SMILES string of the molecule is O=C(N1CCCCC1)N1CC(OC(c2ccccc2)c2cccnc2)C1. The van der Waals surface area contributed by atoms with Crippen LogP contribution in [0.5, 0.6) is 0 Å². The standard InChI is InChI=1S/C21H25N3O2/c25-21(23-12-5-2-6-13-23)24-15-19(16-24)26-20(17-8-3-1-4-9-17)18-10-7-11-22-14-18/h1,3-4,7-11,14,19-20H,2,5-6,12-13,15-16H2. The molecule has 0 spiro atoms. The average Bonchev–Trinajstić information content (AvgIpc) is 2.69. The van der Waals surface area contributed by atoms with Gasteiger partial charge in [0, 0.05) is 31.0 Å². The normalized spacial score (nSPS) is 19.1. The number of nitrogens with zero attached hydrogens (tertiary/aromatic N) is 3. The van der Waals surface area contributed by atoms with Crippen LogP contribution in [-0.2, 0) is 4.74 Å². The van der Waals surface area contributed by atoms with Crippen LogP contribution in [0.15, 0.2) is 54.9 Å². The second-order valence-corrected chi connectivity index (χ2v) is 7.07. The molecule has 1 aromatic carbocycles. The maximum absolute atomic E-state index is 12.5. The Morgan fingerprint density at radius 1 is 0.962 bits per heavy atom. The summed E-state index contributed by atoms with van der Waals surface area (Å²) in [5, 5.41) is 0. The van der Waals surface area contributed by atoms with Crippen molar-refractivity contribution in [1.82, 2.24) is 14.8 Å². The van der Waals surface area contributed by atoms with E-state index in [0.717, 1.165) is 37.1 Å². The summed E-state index contributed by atoms with van der Waals surface area (Å²) >= 11 is 0. The highest BCUT2D eigenvalue weighted by molar-refractivity contribution is 5.75. The first kappa shape index (κ1) is 17.0. The van der Waals surface area contributed by atoms with Gasteiger partial charge in [0.1, 0.15) is 6.10 Å². The average molecular weight is 351 g/mol. The Balaban J connectivity index is 1.39. The molecule has 0 bridgehead atoms. The Morgan fingerprint density at radius 3 is 2.38 bits per heavy atom. The molecule has 2 amide bonds. The molecule has 4 rings (SSSR count). The summed E-state index contributed by atoms with van der Waals surface area (Å²) in [5.74, 6) is 0. The molecule has 1 unspecified atom stereocenters. The van der Waals surface area contributed by atoms with Gasteiger partial charge in [-0.05, 0) is 30.9 Å². The van der Waals surface area contributed by atoms with Crippen molar-refractivity contribution < 1.29 is 9.53 Å². The predicted octanol–water partition coefficient (Wildman–Crippen LogP) is 3.48. The van der Waals surface area contributed by atoms with Crippen molar-refractivity contribution in [3.63, 3.8) is 0 Å². The summed E-state index contributed by atoms with van der Waals surface area (Å²) in [7, 11) is 0. The molecule has 2 aliphatic rings. The number of hydrogen-bond donors (Lipinski definition) is 0. The summed E-state index contributed by atoms with van der Waals surface area (Å²) in [5.41, 5.74) is 2.15. The van der Waals surface area contributed by atoms with E-state index < -0.39 is 0 Å². The number of amides is 2. The van der Waals surface area contributed by atoms with Crippen molar-refractivity contribution in [1.29, 1.82) is 0 Å². The molecule has 26 heavy (non-hydrogen) atoms. The van der Waals surface area contributed by atoms with Crippen LogP contribution in [0.4, 0.5) is 4.79 Å². The second-order valence-electron chi connectivity index (χ2n) is 7.07. The van der Waals surface area contributed by atoms with E-state index >= 15 is 0 Å². The number of carbonyl (C=O) groups excluding carboxylic acids is 1. The molecule has 5 heteroatoms. The first-order valence-electron chi connectivity index (χ1n) is 9.45. The molecule has 2 saturated heterocycles. The number of urea groups is 1. The Morgan fingerprint density at radius 2 is 1.69 bits per heavy atom. The Bertz CT molecular complexity index is 671. The lowest BCUT2D eigenvalue weighted by Crippen LogP contribution is -2.59. The van der Waals surface area contributed by atoms with Gasteiger partial charge in [-0.15, -0.1) is 0 Å². The van der Waals surface area contributed by atoms with Crippen molar-refractivity contribution in [2.24, 2.45) is 0 Å². The molecule has 2 aromatic rings. The monoisotopic (exact) mass is 351 g/mol. The first-order chi connectivity index (χ1) is 12.8. The molecule has 0 radical (unpaired) electrons. The van der Waals surface area contributed by atoms with Crippen LogP contribution in [0.1, 0.15) is 36.5 Å². The van der Waals surface area contributed by atoms with Gasteiger partial charge in [0.2, 0.25) is 0 Å². The third kappa shape index (κ3) is 3.73. The summed E-state index contributed by atoms with van der Waals surface area (Å²) in [4.78, 5) is 20.7. The Kier molecular flexibility index (Phi) is 5.16. The third-order valence-electron chi connectivity index (χ3n) is 5.16. The van der Waals surface area contributed by atoms with E-state index in [9.17, 15) is 4.79 Å². The Labute approximate surface area is 154 Å². The fraction of sp³-hybridized carbons (Fsp3) is 0.429. The van der Waals surface area contributed by atoms with E-state index in [1.807, 2.05) is 46.3 Å². The van der Waals surface area contributed by atoms with Crippen molar-refractivity contribution in [3.8, 4) is 0 Å². The lowest BCUT2D eigenvalue weighted by molar-refractivity contribution is -0.0692. The van der Waals surface area contributed by atoms with Gasteiger partial charge in [-0.3, -0.25) is 4.98 Å². The van der Waals surface area contributed by atoms with Gasteiger partial charge in [0.25, 0.3) is 0 Å². The lowest BCUT2D eigenvalue weighted by atomic mass is 10.0. The van der Waals surface area contributed by atoms with Gasteiger partial charge >= 0.3 is 6.03 Å². The minimum Gasteiger partial charge on any atom is -0.362 e. The number of benzene rings is 1. The fourth-order valence-corrected chi connectivity index (χ4v) is 3.67. The molecule has 2 aliphatic heterocycles. The minimum absolute atomic E-state index is 0.0640. The van der Waals surface area contributed by atoms with Gasteiger partial charge in [0.15, 0.2) is 0 Å². The molecule has 1 aromatic heterocycles. The Hall–Kier alpha value is -2.40. The van der Waals surface area contributed by atoms with E-state index in [2.05, 4.69) is 17.1 Å². The largest absolute Gasteiger partial charge is 0.362 e. The topological polar surface area (TPSA) is 45.7 Å². The molecule has 0 aliphatic carbocycles. The van der Waals surface area contributed by atoms with Crippen molar-refractivity contribution >= 4 is 6.03 Å². The molecular formula is C21H25N3O2. The molecule has 136 valence electrons. The highest BCUT2D eigenvalue weighted by atomic mass is 16.5. The van der Waals surface area contributed by atoms with E-state index in [4.69, 9.17) is 4.74 Å². The molecule has 5 nitrogen and oxygen atoms in total. The minimum atomic E-state index is -0.151. The number of pyridine rings is 1. The maximum Gasteiger partial charge on any atom is 0.320 e. The van der Waals surface area contributed by atoms with E-state index in [1.54, 1.807) is 6.20 Å². The summed E-state index contributed by atoms with van der Waals surface area (Å²) in [6.07, 6.45) is 7.02. The zero-order valence-corrected chi connectivity index (χ0v) is 15.0. The number of aromatic nitrogens is 1.